The quantitative estimate of drug-likeness (QED) is 0.289. The van der Waals surface area contributed by atoms with E-state index in [-0.39, 0.29) is 22.4 Å². The molecule has 2 atom stereocenters. The molecular formula is C20H23NO6S2. The van der Waals surface area contributed by atoms with Gasteiger partial charge in [0.15, 0.2) is 10.8 Å². The van der Waals surface area contributed by atoms with E-state index in [1.165, 1.54) is 6.08 Å². The standard InChI is InChI=1S/C20H23NO6S2/c1-5-11-29(26)15-12-14(22)21(15)16(17(23)24)18(28-19(25)20(2,3)4)27-13-9-7-6-8-10-13/h5-10,15H,1,11-12H2,2-4H3,(H,23,24). The highest BCUT2D eigenvalue weighted by Gasteiger charge is 2.46. The zero-order valence-corrected chi connectivity index (χ0v) is 18.0. The molecule has 1 aromatic rings. The van der Waals surface area contributed by atoms with Crippen LogP contribution in [0.4, 0.5) is 0 Å². The molecule has 0 saturated carbocycles. The average Bonchev–Trinajstić information content (AvgIpc) is 2.63. The Kier molecular flexibility index (Phi) is 7.43. The number of thioether (sulfide) groups is 1. The normalized spacial score (nSPS) is 18.4. The fraction of sp³-hybridized carbons (Fsp3) is 0.350. The Labute approximate surface area is 176 Å². The molecule has 0 aliphatic carbocycles. The Morgan fingerprint density at radius 1 is 1.34 bits per heavy atom. The van der Waals surface area contributed by atoms with E-state index in [0.29, 0.717) is 17.5 Å². The minimum absolute atomic E-state index is 0.0479. The van der Waals surface area contributed by atoms with E-state index < -0.39 is 39.2 Å². The summed E-state index contributed by atoms with van der Waals surface area (Å²) in [6.45, 7) is 8.61. The van der Waals surface area contributed by atoms with Crippen molar-refractivity contribution in [2.24, 2.45) is 5.41 Å². The molecule has 0 aromatic heterocycles. The smallest absolute Gasteiger partial charge is 0.357 e. The lowest BCUT2D eigenvalue weighted by atomic mass is 10.00. The van der Waals surface area contributed by atoms with Gasteiger partial charge in [-0.25, -0.2) is 4.79 Å². The van der Waals surface area contributed by atoms with Gasteiger partial charge in [0.2, 0.25) is 11.0 Å². The van der Waals surface area contributed by atoms with E-state index in [0.717, 1.165) is 4.90 Å². The Bertz CT molecular complexity index is 873. The zero-order valence-electron chi connectivity index (χ0n) is 16.4. The maximum Gasteiger partial charge on any atom is 0.357 e. The first-order valence-corrected chi connectivity index (χ1v) is 11.0. The number of hydrogen-bond acceptors (Lipinski definition) is 6. The van der Waals surface area contributed by atoms with E-state index in [1.54, 1.807) is 51.1 Å². The number of carboxylic acid groups (broad SMARTS) is 1. The van der Waals surface area contributed by atoms with Crippen molar-refractivity contribution in [3.63, 3.8) is 0 Å². The zero-order chi connectivity index (χ0) is 21.8. The van der Waals surface area contributed by atoms with Crippen LogP contribution in [0.3, 0.4) is 0 Å². The van der Waals surface area contributed by atoms with Crippen LogP contribution in [-0.2, 0) is 25.2 Å². The summed E-state index contributed by atoms with van der Waals surface area (Å²) in [7, 11) is -1.52. The monoisotopic (exact) mass is 437 g/mol. The summed E-state index contributed by atoms with van der Waals surface area (Å²) in [5.74, 6) is -1.52. The van der Waals surface area contributed by atoms with E-state index in [4.69, 9.17) is 4.74 Å². The molecule has 0 spiro atoms. The van der Waals surface area contributed by atoms with Gasteiger partial charge in [-0.2, -0.15) is 0 Å². The number of likely N-dealkylation sites (tertiary alicyclic amines) is 1. The van der Waals surface area contributed by atoms with Crippen molar-refractivity contribution in [2.75, 3.05) is 5.75 Å². The van der Waals surface area contributed by atoms with E-state index in [1.807, 2.05) is 0 Å². The lowest BCUT2D eigenvalue weighted by Gasteiger charge is -2.39. The summed E-state index contributed by atoms with van der Waals surface area (Å²) >= 11 is 0.614. The van der Waals surface area contributed by atoms with E-state index in [2.05, 4.69) is 6.58 Å². The van der Waals surface area contributed by atoms with Gasteiger partial charge in [0.25, 0.3) is 0 Å². The number of rotatable bonds is 8. The molecule has 1 aromatic carbocycles. The summed E-state index contributed by atoms with van der Waals surface area (Å²) in [6, 6.07) is 8.36. The van der Waals surface area contributed by atoms with Crippen LogP contribution in [0.5, 0.6) is 5.75 Å². The summed E-state index contributed by atoms with van der Waals surface area (Å²) in [6.07, 6.45) is 1.40. The number of aliphatic carboxylic acids is 1. The molecule has 7 nitrogen and oxygen atoms in total. The molecule has 2 unspecified atom stereocenters. The Balaban J connectivity index is 2.53. The second kappa shape index (κ2) is 9.41. The molecule has 1 aliphatic heterocycles. The number of para-hydroxylation sites is 1. The van der Waals surface area contributed by atoms with Crippen LogP contribution in [0.2, 0.25) is 0 Å². The highest BCUT2D eigenvalue weighted by molar-refractivity contribution is 8.16. The average molecular weight is 438 g/mol. The largest absolute Gasteiger partial charge is 0.476 e. The maximum atomic E-state index is 12.6. The lowest BCUT2D eigenvalue weighted by Crippen LogP contribution is -2.56. The van der Waals surface area contributed by atoms with Crippen molar-refractivity contribution < 1.29 is 28.4 Å². The predicted molar refractivity (Wildman–Crippen MR) is 112 cm³/mol. The minimum atomic E-state index is -1.52. The van der Waals surface area contributed by atoms with Crippen LogP contribution in [0.15, 0.2) is 53.8 Å². The van der Waals surface area contributed by atoms with Gasteiger partial charge in [-0.1, -0.05) is 45.0 Å². The first-order chi connectivity index (χ1) is 13.6. The van der Waals surface area contributed by atoms with Crippen LogP contribution < -0.4 is 4.74 Å². The SMILES string of the molecule is C=CCS(=O)C1CC(=O)N1C(C(=O)O)=C(Oc1ccccc1)SC(=O)C(C)(C)C. The topological polar surface area (TPSA) is 101 Å². The van der Waals surface area contributed by atoms with Crippen molar-refractivity contribution in [3.05, 3.63) is 53.8 Å². The van der Waals surface area contributed by atoms with Crippen LogP contribution >= 0.6 is 11.8 Å². The van der Waals surface area contributed by atoms with Crippen LogP contribution in [0.1, 0.15) is 27.2 Å². The second-order valence-electron chi connectivity index (χ2n) is 7.25. The highest BCUT2D eigenvalue weighted by Crippen LogP contribution is 2.37. The van der Waals surface area contributed by atoms with Gasteiger partial charge in [0, 0.05) is 22.0 Å². The highest BCUT2D eigenvalue weighted by atomic mass is 32.2. The molecule has 0 bridgehead atoms. The van der Waals surface area contributed by atoms with Gasteiger partial charge in [-0.15, -0.1) is 6.58 Å². The number of benzene rings is 1. The molecule has 156 valence electrons. The number of nitrogens with zero attached hydrogens (tertiary/aromatic N) is 1. The molecule has 1 amide bonds. The summed E-state index contributed by atoms with van der Waals surface area (Å²) in [4.78, 5) is 37.9. The van der Waals surface area contributed by atoms with Gasteiger partial charge in [-0.05, 0) is 23.9 Å². The molecule has 1 fully saturated rings. The fourth-order valence-electron chi connectivity index (χ4n) is 2.33. The van der Waals surface area contributed by atoms with E-state index >= 15 is 0 Å². The molecule has 1 heterocycles. The van der Waals surface area contributed by atoms with E-state index in [9.17, 15) is 23.7 Å². The molecule has 2 rings (SSSR count). The third-order valence-electron chi connectivity index (χ3n) is 3.88. The van der Waals surface area contributed by atoms with Gasteiger partial charge < -0.3 is 9.84 Å². The van der Waals surface area contributed by atoms with Crippen molar-refractivity contribution in [3.8, 4) is 5.75 Å². The van der Waals surface area contributed by atoms with Gasteiger partial charge in [0.05, 0.1) is 6.42 Å². The maximum absolute atomic E-state index is 12.6. The van der Waals surface area contributed by atoms with Crippen molar-refractivity contribution in [1.29, 1.82) is 0 Å². The number of β-lactam (4-membered cyclic amide) rings is 1. The summed E-state index contributed by atoms with van der Waals surface area (Å²) in [5.41, 5.74) is -1.26. The molecule has 1 saturated heterocycles. The van der Waals surface area contributed by atoms with Crippen LogP contribution in [0, 0.1) is 5.41 Å². The molecular weight excluding hydrogens is 414 g/mol. The summed E-state index contributed by atoms with van der Waals surface area (Å²) < 4.78 is 18.1. The third kappa shape index (κ3) is 5.57. The first kappa shape index (κ1) is 22.9. The van der Waals surface area contributed by atoms with Gasteiger partial charge >= 0.3 is 5.97 Å². The molecule has 9 heteroatoms. The first-order valence-electron chi connectivity index (χ1n) is 8.79. The van der Waals surface area contributed by atoms with Gasteiger partial charge in [0.1, 0.15) is 11.1 Å². The lowest BCUT2D eigenvalue weighted by molar-refractivity contribution is -0.146. The van der Waals surface area contributed by atoms with Crippen LogP contribution in [0.25, 0.3) is 0 Å². The predicted octanol–water partition coefficient (Wildman–Crippen LogP) is 3.12. The molecule has 1 aliphatic rings. The Hall–Kier alpha value is -2.39. The van der Waals surface area contributed by atoms with Crippen molar-refractivity contribution in [1.82, 2.24) is 4.90 Å². The Morgan fingerprint density at radius 2 is 1.97 bits per heavy atom. The van der Waals surface area contributed by atoms with Crippen LogP contribution in [-0.4, -0.2) is 42.3 Å². The number of carbonyl (C=O) groups is 3. The summed E-state index contributed by atoms with van der Waals surface area (Å²) in [5, 5.41) is 8.46. The molecule has 29 heavy (non-hydrogen) atoms. The van der Waals surface area contributed by atoms with Crippen molar-refractivity contribution in [2.45, 2.75) is 32.6 Å². The number of ether oxygens (including phenoxy) is 1. The second-order valence-corrected chi connectivity index (χ2v) is 9.84. The third-order valence-corrected chi connectivity index (χ3v) is 6.69. The van der Waals surface area contributed by atoms with Crippen molar-refractivity contribution >= 4 is 39.6 Å². The number of hydrogen-bond donors (Lipinski definition) is 1. The molecule has 1 N–H and O–H groups in total. The minimum Gasteiger partial charge on any atom is -0.476 e. The number of carboxylic acids is 1. The number of amides is 1. The number of carbonyl (C=O) groups excluding carboxylic acids is 2. The fourth-order valence-corrected chi connectivity index (χ4v) is 4.47. The Morgan fingerprint density at radius 3 is 2.45 bits per heavy atom. The molecule has 0 radical (unpaired) electrons. The van der Waals surface area contributed by atoms with Gasteiger partial charge in [-0.3, -0.25) is 18.7 Å².